The molecule has 100 valence electrons. The average molecular weight is 240 g/mol. The van der Waals surface area contributed by atoms with Gasteiger partial charge in [-0.15, -0.1) is 0 Å². The van der Waals surface area contributed by atoms with Crippen molar-refractivity contribution in [3.05, 3.63) is 0 Å². The predicted molar refractivity (Wildman–Crippen MR) is 72.4 cm³/mol. The van der Waals surface area contributed by atoms with Crippen LogP contribution in [0.2, 0.25) is 0 Å². The highest BCUT2D eigenvalue weighted by Crippen LogP contribution is 2.09. The maximum Gasteiger partial charge on any atom is 0.0196 e. The summed E-state index contributed by atoms with van der Waals surface area (Å²) in [5.41, 5.74) is 0. The molecule has 0 spiro atoms. The Kier molecular flexibility index (Phi) is 4.79. The Labute approximate surface area is 106 Å². The van der Waals surface area contributed by atoms with E-state index < -0.39 is 0 Å². The largest absolute Gasteiger partial charge is 0.314 e. The second-order valence-corrected chi connectivity index (χ2v) is 5.74. The smallest absolute Gasteiger partial charge is 0.0196 e. The maximum atomic E-state index is 3.50. The lowest BCUT2D eigenvalue weighted by atomic mass is 10.1. The Hall–Kier alpha value is -0.160. The molecule has 2 saturated heterocycles. The van der Waals surface area contributed by atoms with Crippen LogP contribution in [0.4, 0.5) is 0 Å². The van der Waals surface area contributed by atoms with E-state index in [-0.39, 0.29) is 0 Å². The first kappa shape index (κ1) is 13.3. The van der Waals surface area contributed by atoms with Crippen LogP contribution >= 0.6 is 0 Å². The molecule has 2 atom stereocenters. The quantitative estimate of drug-likeness (QED) is 0.744. The molecule has 0 radical (unpaired) electrons. The topological polar surface area (TPSA) is 21.8 Å². The van der Waals surface area contributed by atoms with Crippen molar-refractivity contribution in [2.24, 2.45) is 0 Å². The molecule has 0 bridgehead atoms. The van der Waals surface area contributed by atoms with E-state index in [0.717, 1.165) is 13.1 Å². The second kappa shape index (κ2) is 6.14. The Bertz CT molecular complexity index is 215. The number of nitrogens with one attached hydrogen (secondary N) is 1. The third-order valence-electron chi connectivity index (χ3n) is 4.28. The summed E-state index contributed by atoms with van der Waals surface area (Å²) in [5.74, 6) is 0. The number of piperazine rings is 2. The molecule has 0 aromatic heterocycles. The van der Waals surface area contributed by atoms with Crippen LogP contribution in [0.5, 0.6) is 0 Å². The Morgan fingerprint density at radius 3 is 2.12 bits per heavy atom. The van der Waals surface area contributed by atoms with Gasteiger partial charge in [-0.25, -0.2) is 0 Å². The van der Waals surface area contributed by atoms with Gasteiger partial charge < -0.3 is 10.2 Å². The molecule has 0 amide bonds. The fourth-order valence-electron chi connectivity index (χ4n) is 2.94. The van der Waals surface area contributed by atoms with Crippen LogP contribution in [0.3, 0.4) is 0 Å². The van der Waals surface area contributed by atoms with Crippen LogP contribution in [0.1, 0.15) is 13.8 Å². The van der Waals surface area contributed by atoms with Gasteiger partial charge in [0.1, 0.15) is 0 Å². The summed E-state index contributed by atoms with van der Waals surface area (Å²) in [6.45, 7) is 14.4. The van der Waals surface area contributed by atoms with Crippen molar-refractivity contribution in [1.82, 2.24) is 20.0 Å². The molecule has 1 N–H and O–H groups in total. The summed E-state index contributed by atoms with van der Waals surface area (Å²) in [6, 6.07) is 1.37. The first-order chi connectivity index (χ1) is 8.16. The number of hydrogen-bond acceptors (Lipinski definition) is 4. The van der Waals surface area contributed by atoms with Crippen molar-refractivity contribution in [2.75, 3.05) is 59.4 Å². The zero-order valence-corrected chi connectivity index (χ0v) is 11.7. The minimum absolute atomic E-state index is 0.686. The number of rotatable bonds is 3. The van der Waals surface area contributed by atoms with Gasteiger partial charge in [0.2, 0.25) is 0 Å². The van der Waals surface area contributed by atoms with Gasteiger partial charge >= 0.3 is 0 Å². The molecule has 2 aliphatic rings. The van der Waals surface area contributed by atoms with Crippen molar-refractivity contribution in [3.8, 4) is 0 Å². The van der Waals surface area contributed by atoms with E-state index in [2.05, 4.69) is 40.9 Å². The first-order valence-electron chi connectivity index (χ1n) is 7.04. The van der Waals surface area contributed by atoms with Crippen LogP contribution < -0.4 is 5.32 Å². The molecular weight excluding hydrogens is 212 g/mol. The number of hydrogen-bond donors (Lipinski definition) is 1. The molecule has 0 aliphatic carbocycles. The summed E-state index contributed by atoms with van der Waals surface area (Å²) in [7, 11) is 2.22. The maximum absolute atomic E-state index is 3.50. The highest BCUT2D eigenvalue weighted by Gasteiger charge is 2.24. The van der Waals surface area contributed by atoms with Gasteiger partial charge in [-0.3, -0.25) is 9.80 Å². The molecule has 4 heteroatoms. The third kappa shape index (κ3) is 3.65. The molecule has 2 fully saturated rings. The molecule has 0 aromatic carbocycles. The molecule has 2 aliphatic heterocycles. The summed E-state index contributed by atoms with van der Waals surface area (Å²) in [4.78, 5) is 7.70. The zero-order valence-electron chi connectivity index (χ0n) is 11.7. The van der Waals surface area contributed by atoms with Gasteiger partial charge in [-0.2, -0.15) is 0 Å². The normalized spacial score (nSPS) is 34.1. The summed E-state index contributed by atoms with van der Waals surface area (Å²) in [6.07, 6.45) is 0. The molecule has 2 rings (SSSR count). The Morgan fingerprint density at radius 2 is 1.53 bits per heavy atom. The standard InChI is InChI=1S/C13H28N4/c1-12-10-14-11-13(2)17(12)9-8-16-6-4-15(3)5-7-16/h12-14H,4-11H2,1-3H3. The van der Waals surface area contributed by atoms with E-state index in [1.807, 2.05) is 0 Å². The monoisotopic (exact) mass is 240 g/mol. The van der Waals surface area contributed by atoms with E-state index in [0.29, 0.717) is 12.1 Å². The minimum atomic E-state index is 0.686. The molecule has 2 heterocycles. The average Bonchev–Trinajstić information content (AvgIpc) is 2.31. The van der Waals surface area contributed by atoms with Crippen molar-refractivity contribution in [1.29, 1.82) is 0 Å². The molecule has 0 saturated carbocycles. The van der Waals surface area contributed by atoms with E-state index in [9.17, 15) is 0 Å². The molecule has 0 aromatic rings. The molecule has 17 heavy (non-hydrogen) atoms. The van der Waals surface area contributed by atoms with Gasteiger partial charge in [-0.1, -0.05) is 0 Å². The summed E-state index contributed by atoms with van der Waals surface area (Å²) >= 11 is 0. The van der Waals surface area contributed by atoms with E-state index in [1.165, 1.54) is 39.3 Å². The third-order valence-corrected chi connectivity index (χ3v) is 4.28. The van der Waals surface area contributed by atoms with Crippen molar-refractivity contribution in [3.63, 3.8) is 0 Å². The Balaban J connectivity index is 1.73. The lowest BCUT2D eigenvalue weighted by molar-refractivity contribution is 0.0838. The van der Waals surface area contributed by atoms with E-state index >= 15 is 0 Å². The van der Waals surface area contributed by atoms with Crippen LogP contribution in [0.25, 0.3) is 0 Å². The molecule has 4 nitrogen and oxygen atoms in total. The summed E-state index contributed by atoms with van der Waals surface area (Å²) in [5, 5.41) is 3.50. The van der Waals surface area contributed by atoms with E-state index in [4.69, 9.17) is 0 Å². The van der Waals surface area contributed by atoms with Gasteiger partial charge in [0.25, 0.3) is 0 Å². The van der Waals surface area contributed by atoms with Crippen LogP contribution in [0, 0.1) is 0 Å². The second-order valence-electron chi connectivity index (χ2n) is 5.74. The van der Waals surface area contributed by atoms with Gasteiger partial charge in [-0.05, 0) is 20.9 Å². The fourth-order valence-corrected chi connectivity index (χ4v) is 2.94. The van der Waals surface area contributed by atoms with Gasteiger partial charge in [0.15, 0.2) is 0 Å². The molecule has 2 unspecified atom stereocenters. The fraction of sp³-hybridized carbons (Fsp3) is 1.00. The zero-order chi connectivity index (χ0) is 12.3. The number of likely N-dealkylation sites (N-methyl/N-ethyl adjacent to an activating group) is 1. The van der Waals surface area contributed by atoms with Crippen LogP contribution in [0.15, 0.2) is 0 Å². The highest BCUT2D eigenvalue weighted by atomic mass is 15.3. The molecular formula is C13H28N4. The predicted octanol–water partition coefficient (Wildman–Crippen LogP) is -0.0840. The van der Waals surface area contributed by atoms with Crippen molar-refractivity contribution < 1.29 is 0 Å². The van der Waals surface area contributed by atoms with Crippen LogP contribution in [-0.2, 0) is 0 Å². The van der Waals surface area contributed by atoms with E-state index in [1.54, 1.807) is 0 Å². The summed E-state index contributed by atoms with van der Waals surface area (Å²) < 4.78 is 0. The van der Waals surface area contributed by atoms with Gasteiger partial charge in [0, 0.05) is 64.4 Å². The van der Waals surface area contributed by atoms with Crippen molar-refractivity contribution >= 4 is 0 Å². The van der Waals surface area contributed by atoms with Crippen molar-refractivity contribution in [2.45, 2.75) is 25.9 Å². The minimum Gasteiger partial charge on any atom is -0.314 e. The lowest BCUT2D eigenvalue weighted by Crippen LogP contribution is -2.57. The van der Waals surface area contributed by atoms with Gasteiger partial charge in [0.05, 0.1) is 0 Å². The number of nitrogens with zero attached hydrogens (tertiary/aromatic N) is 3. The highest BCUT2D eigenvalue weighted by molar-refractivity contribution is 4.83. The Morgan fingerprint density at radius 1 is 0.941 bits per heavy atom. The first-order valence-corrected chi connectivity index (χ1v) is 7.04. The SMILES string of the molecule is CC1CNCC(C)N1CCN1CCN(C)CC1. The van der Waals surface area contributed by atoms with Crippen LogP contribution in [-0.4, -0.2) is 86.2 Å². The lowest BCUT2D eigenvalue weighted by Gasteiger charge is -2.41.